The third-order valence-electron chi connectivity index (χ3n) is 5.54. The van der Waals surface area contributed by atoms with Gasteiger partial charge in [-0.1, -0.05) is 18.9 Å². The first-order chi connectivity index (χ1) is 11.8. The zero-order valence-corrected chi connectivity index (χ0v) is 14.2. The molecule has 2 aromatic rings. The first-order valence-corrected chi connectivity index (χ1v) is 9.21. The summed E-state index contributed by atoms with van der Waals surface area (Å²) in [6, 6.07) is 6.09. The number of carbonyl (C=O) groups excluding carboxylic acids is 1. The molecule has 0 aromatic carbocycles. The average Bonchev–Trinajstić information content (AvgIpc) is 3.26. The molecule has 5 nitrogen and oxygen atoms in total. The van der Waals surface area contributed by atoms with Crippen molar-refractivity contribution in [2.75, 3.05) is 26.2 Å². The van der Waals surface area contributed by atoms with E-state index in [9.17, 15) is 4.79 Å². The van der Waals surface area contributed by atoms with Crippen molar-refractivity contribution in [3.8, 4) is 0 Å². The molecule has 24 heavy (non-hydrogen) atoms. The van der Waals surface area contributed by atoms with Gasteiger partial charge < -0.3 is 9.30 Å². The van der Waals surface area contributed by atoms with E-state index in [-0.39, 0.29) is 0 Å². The molecule has 2 aromatic heterocycles. The van der Waals surface area contributed by atoms with E-state index in [4.69, 9.17) is 0 Å². The standard InChI is InChI=1S/C19H26N4O/c24-19(13-16-5-1-2-6-16)22-11-9-21(10-12-22)15-17-14-20-18-7-3-4-8-23(17)18/h3-4,7-8,14,16H,1-2,5-6,9-13,15H2. The second-order valence-corrected chi connectivity index (χ2v) is 7.19. The molecule has 0 atom stereocenters. The summed E-state index contributed by atoms with van der Waals surface area (Å²) in [5.74, 6) is 1.02. The van der Waals surface area contributed by atoms with Crippen LogP contribution in [0.3, 0.4) is 0 Å². The van der Waals surface area contributed by atoms with Crippen LogP contribution < -0.4 is 0 Å². The minimum Gasteiger partial charge on any atom is -0.340 e. The van der Waals surface area contributed by atoms with Crippen LogP contribution in [-0.4, -0.2) is 51.3 Å². The lowest BCUT2D eigenvalue weighted by Gasteiger charge is -2.35. The van der Waals surface area contributed by atoms with Crippen LogP contribution in [-0.2, 0) is 11.3 Å². The molecule has 2 fully saturated rings. The van der Waals surface area contributed by atoms with E-state index in [2.05, 4.69) is 25.4 Å². The highest BCUT2D eigenvalue weighted by Gasteiger charge is 2.25. The smallest absolute Gasteiger partial charge is 0.222 e. The van der Waals surface area contributed by atoms with E-state index in [1.807, 2.05) is 24.4 Å². The number of pyridine rings is 1. The lowest BCUT2D eigenvalue weighted by atomic mass is 10.0. The Hall–Kier alpha value is -1.88. The lowest BCUT2D eigenvalue weighted by Crippen LogP contribution is -2.48. The Morgan fingerprint density at radius 1 is 1.12 bits per heavy atom. The topological polar surface area (TPSA) is 40.9 Å². The molecule has 1 saturated carbocycles. The highest BCUT2D eigenvalue weighted by Crippen LogP contribution is 2.28. The number of fused-ring (bicyclic) bond motifs is 1. The van der Waals surface area contributed by atoms with E-state index in [1.165, 1.54) is 31.4 Å². The SMILES string of the molecule is O=C(CC1CCCC1)N1CCN(Cc2cnc3ccccn23)CC1. The maximum Gasteiger partial charge on any atom is 0.222 e. The van der Waals surface area contributed by atoms with Crippen molar-refractivity contribution in [1.82, 2.24) is 19.2 Å². The third-order valence-corrected chi connectivity index (χ3v) is 5.54. The van der Waals surface area contributed by atoms with Crippen molar-refractivity contribution in [1.29, 1.82) is 0 Å². The Labute approximate surface area is 143 Å². The van der Waals surface area contributed by atoms with Crippen molar-refractivity contribution in [2.24, 2.45) is 5.92 Å². The third kappa shape index (κ3) is 3.31. The van der Waals surface area contributed by atoms with Crippen molar-refractivity contribution in [3.63, 3.8) is 0 Å². The fourth-order valence-electron chi connectivity index (χ4n) is 4.08. The van der Waals surface area contributed by atoms with Crippen LogP contribution in [0.5, 0.6) is 0 Å². The highest BCUT2D eigenvalue weighted by atomic mass is 16.2. The molecule has 1 amide bonds. The molecule has 5 heteroatoms. The van der Waals surface area contributed by atoms with Crippen LogP contribution in [0, 0.1) is 5.92 Å². The summed E-state index contributed by atoms with van der Waals surface area (Å²) < 4.78 is 2.15. The van der Waals surface area contributed by atoms with Gasteiger partial charge in [0.2, 0.25) is 5.91 Å². The van der Waals surface area contributed by atoms with Crippen molar-refractivity contribution >= 4 is 11.6 Å². The van der Waals surface area contributed by atoms with Crippen LogP contribution in [0.2, 0.25) is 0 Å². The van der Waals surface area contributed by atoms with Gasteiger partial charge >= 0.3 is 0 Å². The zero-order valence-electron chi connectivity index (χ0n) is 14.2. The van der Waals surface area contributed by atoms with Crippen LogP contribution in [0.4, 0.5) is 0 Å². The van der Waals surface area contributed by atoms with Crippen molar-refractivity contribution < 1.29 is 4.79 Å². The predicted molar refractivity (Wildman–Crippen MR) is 93.6 cm³/mol. The second-order valence-electron chi connectivity index (χ2n) is 7.19. The first-order valence-electron chi connectivity index (χ1n) is 9.21. The number of hydrogen-bond donors (Lipinski definition) is 0. The molecule has 0 N–H and O–H groups in total. The maximum absolute atomic E-state index is 12.4. The molecule has 4 rings (SSSR count). The number of hydrogen-bond acceptors (Lipinski definition) is 3. The summed E-state index contributed by atoms with van der Waals surface area (Å²) in [4.78, 5) is 21.4. The number of carbonyl (C=O) groups is 1. The normalized spacial score (nSPS) is 20.1. The molecule has 128 valence electrons. The van der Waals surface area contributed by atoms with Gasteiger partial charge in [-0.3, -0.25) is 9.69 Å². The largest absolute Gasteiger partial charge is 0.340 e. The summed E-state index contributed by atoms with van der Waals surface area (Å²) in [5, 5.41) is 0. The van der Waals surface area contributed by atoms with Gasteiger partial charge in [-0.05, 0) is 30.9 Å². The molecule has 0 unspecified atom stereocenters. The van der Waals surface area contributed by atoms with E-state index in [0.29, 0.717) is 11.8 Å². The second kappa shape index (κ2) is 6.93. The molecule has 0 radical (unpaired) electrons. The van der Waals surface area contributed by atoms with Crippen molar-refractivity contribution in [3.05, 3.63) is 36.3 Å². The van der Waals surface area contributed by atoms with Gasteiger partial charge in [0, 0.05) is 45.3 Å². The minimum absolute atomic E-state index is 0.372. The summed E-state index contributed by atoms with van der Waals surface area (Å²) in [5.41, 5.74) is 2.22. The van der Waals surface area contributed by atoms with Gasteiger partial charge in [-0.15, -0.1) is 0 Å². The molecule has 1 saturated heterocycles. The predicted octanol–water partition coefficient (Wildman–Crippen LogP) is 2.56. The maximum atomic E-state index is 12.4. The Kier molecular flexibility index (Phi) is 4.52. The molecule has 0 spiro atoms. The summed E-state index contributed by atoms with van der Waals surface area (Å²) in [6.07, 6.45) is 9.93. The Morgan fingerprint density at radius 3 is 2.71 bits per heavy atom. The zero-order chi connectivity index (χ0) is 16.4. The number of piperazine rings is 1. The molecule has 1 aliphatic heterocycles. The minimum atomic E-state index is 0.372. The molecule has 2 aliphatic rings. The molecule has 3 heterocycles. The van der Waals surface area contributed by atoms with E-state index < -0.39 is 0 Å². The lowest BCUT2D eigenvalue weighted by molar-refractivity contribution is -0.134. The van der Waals surface area contributed by atoms with E-state index >= 15 is 0 Å². The fourth-order valence-corrected chi connectivity index (χ4v) is 4.08. The molecule has 1 aliphatic carbocycles. The summed E-state index contributed by atoms with van der Waals surface area (Å²) in [6.45, 7) is 4.54. The Morgan fingerprint density at radius 2 is 1.92 bits per heavy atom. The molecule has 0 bridgehead atoms. The first kappa shape index (κ1) is 15.6. The van der Waals surface area contributed by atoms with Crippen molar-refractivity contribution in [2.45, 2.75) is 38.6 Å². The van der Waals surface area contributed by atoms with Crippen LogP contribution in [0.1, 0.15) is 37.8 Å². The number of nitrogens with zero attached hydrogens (tertiary/aromatic N) is 4. The number of imidazole rings is 1. The average molecular weight is 326 g/mol. The van der Waals surface area contributed by atoms with Crippen LogP contribution >= 0.6 is 0 Å². The molecular formula is C19H26N4O. The van der Waals surface area contributed by atoms with Gasteiger partial charge in [-0.2, -0.15) is 0 Å². The van der Waals surface area contributed by atoms with Gasteiger partial charge in [0.25, 0.3) is 0 Å². The van der Waals surface area contributed by atoms with Gasteiger partial charge in [-0.25, -0.2) is 4.98 Å². The Balaban J connectivity index is 1.30. The highest BCUT2D eigenvalue weighted by molar-refractivity contribution is 5.76. The van der Waals surface area contributed by atoms with Gasteiger partial charge in [0.15, 0.2) is 0 Å². The monoisotopic (exact) mass is 326 g/mol. The number of aromatic nitrogens is 2. The summed E-state index contributed by atoms with van der Waals surface area (Å²) in [7, 11) is 0. The quantitative estimate of drug-likeness (QED) is 0.867. The van der Waals surface area contributed by atoms with E-state index in [0.717, 1.165) is 44.8 Å². The summed E-state index contributed by atoms with van der Waals surface area (Å²) >= 11 is 0. The van der Waals surface area contributed by atoms with Crippen LogP contribution in [0.25, 0.3) is 5.65 Å². The Bertz CT molecular complexity index is 696. The van der Waals surface area contributed by atoms with E-state index in [1.54, 1.807) is 0 Å². The molecular weight excluding hydrogens is 300 g/mol. The van der Waals surface area contributed by atoms with Crippen LogP contribution in [0.15, 0.2) is 30.6 Å². The fraction of sp³-hybridized carbons (Fsp3) is 0.579. The number of rotatable bonds is 4. The van der Waals surface area contributed by atoms with Gasteiger partial charge in [0.1, 0.15) is 5.65 Å². The number of amides is 1. The van der Waals surface area contributed by atoms with Gasteiger partial charge in [0.05, 0.1) is 11.9 Å².